The van der Waals surface area contributed by atoms with Gasteiger partial charge in [0.15, 0.2) is 0 Å². The fourth-order valence-corrected chi connectivity index (χ4v) is 2.79. The van der Waals surface area contributed by atoms with E-state index < -0.39 is 0 Å². The Morgan fingerprint density at radius 2 is 1.93 bits per heavy atom. The third-order valence-electron chi connectivity index (χ3n) is 3.58. The van der Waals surface area contributed by atoms with Crippen molar-refractivity contribution in [3.63, 3.8) is 0 Å². The quantitative estimate of drug-likeness (QED) is 0.742. The maximum atomic E-state index is 5.84. The van der Waals surface area contributed by atoms with Crippen molar-refractivity contribution in [3.05, 3.63) is 0 Å². The lowest BCUT2D eigenvalue weighted by atomic mass is 10.2. The van der Waals surface area contributed by atoms with Crippen molar-refractivity contribution in [2.45, 2.75) is 51.4 Å². The summed E-state index contributed by atoms with van der Waals surface area (Å²) in [6, 6.07) is 0.660. The van der Waals surface area contributed by atoms with E-state index in [0.29, 0.717) is 18.2 Å². The van der Waals surface area contributed by atoms with Gasteiger partial charge in [0.2, 0.25) is 0 Å². The minimum absolute atomic E-state index is 0.530. The van der Waals surface area contributed by atoms with E-state index >= 15 is 0 Å². The second-order valence-electron chi connectivity index (χ2n) is 4.84. The third kappa shape index (κ3) is 2.92. The Bertz CT molecular complexity index is 186. The molecule has 2 aliphatic rings. The zero-order valence-corrected chi connectivity index (χ0v) is 10.0. The van der Waals surface area contributed by atoms with Crippen molar-refractivity contribution in [2.75, 3.05) is 26.2 Å². The van der Waals surface area contributed by atoms with Crippen molar-refractivity contribution < 1.29 is 4.74 Å². The molecule has 0 spiro atoms. The van der Waals surface area contributed by atoms with Crippen molar-refractivity contribution in [1.29, 1.82) is 0 Å². The van der Waals surface area contributed by atoms with Gasteiger partial charge in [-0.1, -0.05) is 13.8 Å². The molecule has 0 aromatic carbocycles. The molecule has 3 nitrogen and oxygen atoms in total. The second kappa shape index (κ2) is 5.28. The molecule has 88 valence electrons. The number of ether oxygens (including phenoxy) is 1. The first-order valence-electron chi connectivity index (χ1n) is 6.43. The molecule has 2 bridgehead atoms. The number of morpholine rings is 1. The molecule has 0 aromatic heterocycles. The normalized spacial score (nSPS) is 33.2. The Balaban J connectivity index is 1.78. The molecule has 2 heterocycles. The lowest BCUT2D eigenvalue weighted by Gasteiger charge is -2.34. The molecule has 0 amide bonds. The zero-order valence-electron chi connectivity index (χ0n) is 10.0. The zero-order chi connectivity index (χ0) is 10.7. The average molecular weight is 212 g/mol. The Labute approximate surface area is 93.2 Å². The van der Waals surface area contributed by atoms with Gasteiger partial charge < -0.3 is 10.1 Å². The number of hydrogen-bond donors (Lipinski definition) is 1. The molecule has 0 saturated carbocycles. The molecule has 2 fully saturated rings. The van der Waals surface area contributed by atoms with Gasteiger partial charge in [-0.25, -0.2) is 0 Å². The van der Waals surface area contributed by atoms with Crippen molar-refractivity contribution >= 4 is 0 Å². The van der Waals surface area contributed by atoms with E-state index in [1.165, 1.54) is 25.8 Å². The molecular weight excluding hydrogens is 188 g/mol. The smallest absolute Gasteiger partial charge is 0.0707 e. The minimum Gasteiger partial charge on any atom is -0.372 e. The predicted molar refractivity (Wildman–Crippen MR) is 62.1 cm³/mol. The van der Waals surface area contributed by atoms with Crippen LogP contribution in [0.1, 0.15) is 33.1 Å². The van der Waals surface area contributed by atoms with Gasteiger partial charge in [-0.2, -0.15) is 0 Å². The van der Waals surface area contributed by atoms with Crippen LogP contribution in [0.4, 0.5) is 0 Å². The molecule has 3 heteroatoms. The monoisotopic (exact) mass is 212 g/mol. The Kier molecular flexibility index (Phi) is 4.00. The Morgan fingerprint density at radius 1 is 1.27 bits per heavy atom. The molecule has 2 rings (SSSR count). The van der Waals surface area contributed by atoms with E-state index in [-0.39, 0.29) is 0 Å². The number of nitrogens with zero attached hydrogens (tertiary/aromatic N) is 1. The minimum atomic E-state index is 0.530. The molecule has 15 heavy (non-hydrogen) atoms. The first-order valence-corrected chi connectivity index (χ1v) is 6.43. The molecule has 3 unspecified atom stereocenters. The van der Waals surface area contributed by atoms with Crippen LogP contribution in [0, 0.1) is 0 Å². The van der Waals surface area contributed by atoms with E-state index in [1.807, 2.05) is 0 Å². The van der Waals surface area contributed by atoms with Gasteiger partial charge in [0, 0.05) is 25.7 Å². The van der Waals surface area contributed by atoms with E-state index in [0.717, 1.165) is 19.6 Å². The second-order valence-corrected chi connectivity index (χ2v) is 4.84. The van der Waals surface area contributed by atoms with E-state index in [4.69, 9.17) is 4.74 Å². The molecule has 2 aliphatic heterocycles. The topological polar surface area (TPSA) is 24.5 Å². The van der Waals surface area contributed by atoms with Crippen LogP contribution in [-0.2, 0) is 4.74 Å². The lowest BCUT2D eigenvalue weighted by Crippen LogP contribution is -2.48. The van der Waals surface area contributed by atoms with E-state index in [9.17, 15) is 0 Å². The van der Waals surface area contributed by atoms with Gasteiger partial charge in [0.1, 0.15) is 0 Å². The summed E-state index contributed by atoms with van der Waals surface area (Å²) in [5.74, 6) is 0. The van der Waals surface area contributed by atoms with Crippen LogP contribution >= 0.6 is 0 Å². The maximum absolute atomic E-state index is 5.84. The summed E-state index contributed by atoms with van der Waals surface area (Å²) in [6.07, 6.45) is 4.84. The van der Waals surface area contributed by atoms with Gasteiger partial charge >= 0.3 is 0 Å². The number of fused-ring (bicyclic) bond motifs is 2. The summed E-state index contributed by atoms with van der Waals surface area (Å²) in [7, 11) is 0. The Morgan fingerprint density at radius 3 is 2.47 bits per heavy atom. The van der Waals surface area contributed by atoms with Crippen LogP contribution < -0.4 is 5.32 Å². The first kappa shape index (κ1) is 11.4. The molecule has 0 radical (unpaired) electrons. The van der Waals surface area contributed by atoms with Crippen molar-refractivity contribution in [2.24, 2.45) is 0 Å². The van der Waals surface area contributed by atoms with Crippen LogP contribution in [0.3, 0.4) is 0 Å². The number of hydrogen-bond acceptors (Lipinski definition) is 3. The molecule has 0 aliphatic carbocycles. The highest BCUT2D eigenvalue weighted by Crippen LogP contribution is 2.26. The Hall–Kier alpha value is -0.120. The van der Waals surface area contributed by atoms with E-state index in [2.05, 4.69) is 24.1 Å². The van der Waals surface area contributed by atoms with Crippen molar-refractivity contribution in [1.82, 2.24) is 10.2 Å². The molecule has 1 N–H and O–H groups in total. The van der Waals surface area contributed by atoms with Crippen LogP contribution in [0.25, 0.3) is 0 Å². The van der Waals surface area contributed by atoms with Crippen LogP contribution in [0.5, 0.6) is 0 Å². The molecule has 0 aromatic rings. The van der Waals surface area contributed by atoms with Crippen LogP contribution in [0.2, 0.25) is 0 Å². The number of rotatable bonds is 5. The molecule has 2 saturated heterocycles. The summed E-state index contributed by atoms with van der Waals surface area (Å²) < 4.78 is 5.84. The molecular formula is C12H24N2O. The summed E-state index contributed by atoms with van der Waals surface area (Å²) >= 11 is 0. The average Bonchev–Trinajstić information content (AvgIpc) is 2.57. The summed E-state index contributed by atoms with van der Waals surface area (Å²) in [4.78, 5) is 2.59. The van der Waals surface area contributed by atoms with Gasteiger partial charge in [0.05, 0.1) is 12.2 Å². The number of likely N-dealkylation sites (tertiary alicyclic amines) is 1. The van der Waals surface area contributed by atoms with Gasteiger partial charge in [-0.15, -0.1) is 0 Å². The lowest BCUT2D eigenvalue weighted by molar-refractivity contribution is -0.0406. The fraction of sp³-hybridized carbons (Fsp3) is 1.00. The summed E-state index contributed by atoms with van der Waals surface area (Å²) in [6.45, 7) is 9.03. The third-order valence-corrected chi connectivity index (χ3v) is 3.58. The van der Waals surface area contributed by atoms with Gasteiger partial charge in [-0.05, 0) is 25.8 Å². The predicted octanol–water partition coefficient (Wildman–Crippen LogP) is 1.24. The highest BCUT2D eigenvalue weighted by molar-refractivity contribution is 4.86. The van der Waals surface area contributed by atoms with Crippen molar-refractivity contribution in [3.8, 4) is 0 Å². The SMILES string of the molecule is CCNC(CC)CN1CC2CCC(C1)O2. The largest absolute Gasteiger partial charge is 0.372 e. The standard InChI is InChI=1S/C12H24N2O/c1-3-10(13-4-2)7-14-8-11-5-6-12(9-14)15-11/h10-13H,3-9H2,1-2H3. The number of nitrogens with one attached hydrogen (secondary N) is 1. The highest BCUT2D eigenvalue weighted by atomic mass is 16.5. The summed E-state index contributed by atoms with van der Waals surface area (Å²) in [5.41, 5.74) is 0. The van der Waals surface area contributed by atoms with Crippen LogP contribution in [0.15, 0.2) is 0 Å². The summed E-state index contributed by atoms with van der Waals surface area (Å²) in [5, 5.41) is 3.55. The van der Waals surface area contributed by atoms with E-state index in [1.54, 1.807) is 0 Å². The van der Waals surface area contributed by atoms with Crippen LogP contribution in [-0.4, -0.2) is 49.3 Å². The maximum Gasteiger partial charge on any atom is 0.0707 e. The first-order chi connectivity index (χ1) is 7.31. The van der Waals surface area contributed by atoms with Gasteiger partial charge in [0.25, 0.3) is 0 Å². The van der Waals surface area contributed by atoms with Gasteiger partial charge in [-0.3, -0.25) is 4.90 Å². The highest BCUT2D eigenvalue weighted by Gasteiger charge is 2.33. The molecule has 3 atom stereocenters. The fourth-order valence-electron chi connectivity index (χ4n) is 2.79. The number of likely N-dealkylation sites (N-methyl/N-ethyl adjacent to an activating group) is 1.